The first-order valence-electron chi connectivity index (χ1n) is 41.4. The summed E-state index contributed by atoms with van der Waals surface area (Å²) in [5, 5.41) is 4.84. The molecule has 0 N–H and O–H groups in total. The van der Waals surface area contributed by atoms with Crippen LogP contribution in [0.3, 0.4) is 0 Å². The highest BCUT2D eigenvalue weighted by Gasteiger charge is 2.49. The molecule has 2 aromatic heterocycles. The normalized spacial score (nSPS) is 13.0. The average molecular weight is 1510 g/mol. The van der Waals surface area contributed by atoms with Crippen LogP contribution in [-0.2, 0) is 0 Å². The molecule has 0 atom stereocenters. The molecule has 4 aliphatic rings. The Morgan fingerprint density at radius 2 is 0.424 bits per heavy atom. The van der Waals surface area contributed by atoms with Crippen molar-refractivity contribution in [3.05, 3.63) is 396 Å². The number of fused-ring (bicyclic) bond motifs is 14. The van der Waals surface area contributed by atoms with E-state index in [9.17, 15) is 0 Å². The molecule has 6 heterocycles. The second-order valence-corrected chi connectivity index (χ2v) is 33.1. The van der Waals surface area contributed by atoms with Crippen molar-refractivity contribution in [1.29, 1.82) is 0 Å². The van der Waals surface area contributed by atoms with E-state index in [-0.39, 0.29) is 13.4 Å². The number of nitrogens with zero attached hydrogens (tertiary/aromatic N) is 6. The molecule has 23 rings (SSSR count). The maximum absolute atomic E-state index is 2.67. The standard InChI is InChI=1S/C110H82B2N6/c1-67-29-25-30-68(2)105(67)75-49-53-93-85(57-75)86-58-76(106-69(3)31-26-32-70(106)4)50-54-94(86)117(93)83-61-101-109-103(63-83)115(81-41-17-11-18-42-81)99-66-100-92(65-91(99)111(109)89-45-21-23-47-97(89)113(101)79-37-13-9-14-38-79)112-90-46-22-24-48-98(90)114(80-39-15-10-16-40-80)102-62-84(64-104(110(102)112)116(100)82-43-19-12-20-44-82)118-95-55-51-77(107-71(5)33-27-34-72(107)6)59-87(95)88-60-78(52-56-96(88)118)108-73(7)35-28-36-74(108)8/h9-66H,1-8H3. The number of anilines is 12. The zero-order valence-corrected chi connectivity index (χ0v) is 67.3. The zero-order chi connectivity index (χ0) is 79.0. The predicted octanol–water partition coefficient (Wildman–Crippen LogP) is 25.2. The van der Waals surface area contributed by atoms with Crippen molar-refractivity contribution in [2.45, 2.75) is 55.4 Å². The molecule has 4 aliphatic heterocycles. The van der Waals surface area contributed by atoms with Crippen LogP contribution in [0.15, 0.2) is 352 Å². The molecular formula is C110H82B2N6. The lowest BCUT2D eigenvalue weighted by atomic mass is 9.30. The Kier molecular flexibility index (Phi) is 15.6. The summed E-state index contributed by atoms with van der Waals surface area (Å²) in [5.74, 6) is 0. The third-order valence-electron chi connectivity index (χ3n) is 26.2. The lowest BCUT2D eigenvalue weighted by Crippen LogP contribution is -2.65. The van der Waals surface area contributed by atoms with E-state index in [0.717, 1.165) is 102 Å². The van der Waals surface area contributed by atoms with Crippen LogP contribution in [-0.4, -0.2) is 22.6 Å². The van der Waals surface area contributed by atoms with Crippen molar-refractivity contribution < 1.29 is 0 Å². The van der Waals surface area contributed by atoms with Gasteiger partial charge in [0, 0.05) is 89.8 Å². The fraction of sp³-hybridized carbons (Fsp3) is 0.0727. The van der Waals surface area contributed by atoms with E-state index >= 15 is 0 Å². The Morgan fingerprint density at radius 1 is 0.178 bits per heavy atom. The van der Waals surface area contributed by atoms with Gasteiger partial charge in [-0.1, -0.05) is 212 Å². The van der Waals surface area contributed by atoms with Gasteiger partial charge in [0.2, 0.25) is 0 Å². The van der Waals surface area contributed by atoms with Crippen LogP contribution in [0.2, 0.25) is 0 Å². The van der Waals surface area contributed by atoms with Crippen LogP contribution in [0.25, 0.3) is 99.5 Å². The number of aryl methyl sites for hydroxylation is 8. The van der Waals surface area contributed by atoms with Crippen molar-refractivity contribution in [3.8, 4) is 55.9 Å². The van der Waals surface area contributed by atoms with Gasteiger partial charge in [0.05, 0.1) is 33.4 Å². The third kappa shape index (κ3) is 10.3. The summed E-state index contributed by atoms with van der Waals surface area (Å²) in [6.07, 6.45) is 0. The van der Waals surface area contributed by atoms with Crippen LogP contribution in [0.4, 0.5) is 68.2 Å². The number of para-hydroxylation sites is 6. The molecule has 0 saturated carbocycles. The second-order valence-electron chi connectivity index (χ2n) is 33.1. The first-order chi connectivity index (χ1) is 57.9. The van der Waals surface area contributed by atoms with Crippen molar-refractivity contribution >= 4 is 158 Å². The van der Waals surface area contributed by atoms with Gasteiger partial charge in [-0.15, -0.1) is 0 Å². The van der Waals surface area contributed by atoms with E-state index in [2.05, 4.69) is 436 Å². The van der Waals surface area contributed by atoms with Gasteiger partial charge in [-0.05, 0) is 317 Å². The topological polar surface area (TPSA) is 22.8 Å². The highest BCUT2D eigenvalue weighted by molar-refractivity contribution is 7.03. The molecule has 6 nitrogen and oxygen atoms in total. The minimum absolute atomic E-state index is 0.206. The van der Waals surface area contributed by atoms with Crippen molar-refractivity contribution in [1.82, 2.24) is 9.13 Å². The summed E-state index contributed by atoms with van der Waals surface area (Å²) in [7, 11) is 0. The van der Waals surface area contributed by atoms with E-state index in [0.29, 0.717) is 0 Å². The van der Waals surface area contributed by atoms with E-state index in [1.165, 1.54) is 143 Å². The van der Waals surface area contributed by atoms with Gasteiger partial charge in [0.25, 0.3) is 13.4 Å². The van der Waals surface area contributed by atoms with Gasteiger partial charge >= 0.3 is 0 Å². The number of rotatable bonds is 10. The SMILES string of the molecule is Cc1cccc(C)c1-c1ccc2c(c1)c1cc(-c3c(C)cccc3C)ccc1n2-c1cc2c3c(c1)N(c1ccccc1)c1cc4c(cc1B3c1ccccc1N2c1ccccc1)B1c2ccccc2N(c2ccccc2)c2cc(-n3c5ccc(-c6c(C)cccc6C)cc5c5cc(-c6c(C)cccc6C)ccc53)cc(c21)N4c1ccccc1. The molecule has 0 amide bonds. The minimum atomic E-state index is -0.206. The van der Waals surface area contributed by atoms with Gasteiger partial charge in [-0.2, -0.15) is 0 Å². The molecule has 0 radical (unpaired) electrons. The van der Waals surface area contributed by atoms with Crippen molar-refractivity contribution in [2.24, 2.45) is 0 Å². The van der Waals surface area contributed by atoms with E-state index in [4.69, 9.17) is 0 Å². The quantitative estimate of drug-likeness (QED) is 0.127. The molecule has 17 aromatic carbocycles. The number of hydrogen-bond donors (Lipinski definition) is 0. The van der Waals surface area contributed by atoms with Crippen molar-refractivity contribution in [2.75, 3.05) is 19.6 Å². The second kappa shape index (κ2) is 26.6. The van der Waals surface area contributed by atoms with Gasteiger partial charge in [-0.3, -0.25) is 0 Å². The Hall–Kier alpha value is -14.3. The van der Waals surface area contributed by atoms with Crippen LogP contribution in [0, 0.1) is 55.4 Å². The molecule has 118 heavy (non-hydrogen) atoms. The monoisotopic (exact) mass is 1510 g/mol. The Morgan fingerprint density at radius 3 is 0.695 bits per heavy atom. The number of aromatic nitrogens is 2. The molecule has 19 aromatic rings. The number of benzene rings is 17. The molecule has 0 fully saturated rings. The van der Waals surface area contributed by atoms with E-state index in [1.807, 2.05) is 0 Å². The predicted molar refractivity (Wildman–Crippen MR) is 503 cm³/mol. The summed E-state index contributed by atoms with van der Waals surface area (Å²) in [5.41, 5.74) is 47.8. The largest absolute Gasteiger partial charge is 0.311 e. The first-order valence-corrected chi connectivity index (χ1v) is 41.4. The highest BCUT2D eigenvalue weighted by Crippen LogP contribution is 2.53. The van der Waals surface area contributed by atoms with Crippen LogP contribution >= 0.6 is 0 Å². The van der Waals surface area contributed by atoms with Gasteiger partial charge in [-0.25, -0.2) is 0 Å². The molecule has 0 aliphatic carbocycles. The van der Waals surface area contributed by atoms with Gasteiger partial charge in [0.1, 0.15) is 0 Å². The molecule has 0 saturated heterocycles. The molecule has 0 bridgehead atoms. The molecule has 558 valence electrons. The summed E-state index contributed by atoms with van der Waals surface area (Å²) in [4.78, 5) is 10.4. The fourth-order valence-corrected chi connectivity index (χ4v) is 21.3. The van der Waals surface area contributed by atoms with E-state index in [1.54, 1.807) is 0 Å². The third-order valence-corrected chi connectivity index (χ3v) is 26.2. The van der Waals surface area contributed by atoms with Gasteiger partial charge < -0.3 is 28.7 Å². The Labute approximate surface area is 689 Å². The lowest BCUT2D eigenvalue weighted by molar-refractivity contribution is 1.16. The Balaban J connectivity index is 0.815. The maximum atomic E-state index is 2.67. The molecule has 0 spiro atoms. The lowest BCUT2D eigenvalue weighted by Gasteiger charge is -2.47. The highest BCUT2D eigenvalue weighted by atomic mass is 15.2. The molecule has 8 heteroatoms. The summed E-state index contributed by atoms with van der Waals surface area (Å²) >= 11 is 0. The van der Waals surface area contributed by atoms with Crippen LogP contribution in [0.5, 0.6) is 0 Å². The van der Waals surface area contributed by atoms with Gasteiger partial charge in [0.15, 0.2) is 0 Å². The maximum Gasteiger partial charge on any atom is 0.252 e. The number of hydrogen-bond acceptors (Lipinski definition) is 4. The molecule has 0 unspecified atom stereocenters. The zero-order valence-electron chi connectivity index (χ0n) is 67.3. The van der Waals surface area contributed by atoms with E-state index < -0.39 is 0 Å². The smallest absolute Gasteiger partial charge is 0.252 e. The summed E-state index contributed by atoms with van der Waals surface area (Å²) < 4.78 is 5.14. The van der Waals surface area contributed by atoms with Crippen LogP contribution < -0.4 is 52.4 Å². The van der Waals surface area contributed by atoms with Crippen molar-refractivity contribution in [3.63, 3.8) is 0 Å². The first kappa shape index (κ1) is 69.2. The van der Waals surface area contributed by atoms with Crippen LogP contribution in [0.1, 0.15) is 44.5 Å². The molecular weight excluding hydrogens is 1430 g/mol. The fourth-order valence-electron chi connectivity index (χ4n) is 21.3. The summed E-state index contributed by atoms with van der Waals surface area (Å²) in [6, 6.07) is 134. The average Bonchev–Trinajstić information content (AvgIpc) is 0.731. The minimum Gasteiger partial charge on any atom is -0.311 e. The Bertz CT molecular complexity index is 6710. The summed E-state index contributed by atoms with van der Waals surface area (Å²) in [6.45, 7) is 17.6.